The molecule has 5 nitrogen and oxygen atoms in total. The quantitative estimate of drug-likeness (QED) is 0.846. The molecule has 0 radical (unpaired) electrons. The summed E-state index contributed by atoms with van der Waals surface area (Å²) in [5.74, 6) is 0.461. The minimum Gasteiger partial charge on any atom is -0.399 e. The number of rotatable bonds is 4. The first-order valence-corrected chi connectivity index (χ1v) is 7.82. The molecule has 2 N–H and O–H groups in total. The predicted molar refractivity (Wildman–Crippen MR) is 74.2 cm³/mol. The fourth-order valence-electron chi connectivity index (χ4n) is 2.34. The Bertz CT molecular complexity index is 505. The van der Waals surface area contributed by atoms with Gasteiger partial charge in [-0.1, -0.05) is 0 Å². The second-order valence-corrected chi connectivity index (χ2v) is 6.81. The van der Waals surface area contributed by atoms with Gasteiger partial charge in [0.2, 0.25) is 10.0 Å². The van der Waals surface area contributed by atoms with Crippen LogP contribution in [0.15, 0.2) is 29.2 Å². The summed E-state index contributed by atoms with van der Waals surface area (Å²) in [7, 11) is -1.70. The SMILES string of the molecule is COCC1CCN(S(=O)(=O)c2ccc(N)cc2)CC1. The van der Waals surface area contributed by atoms with Crippen molar-refractivity contribution in [2.45, 2.75) is 17.7 Å². The molecule has 1 saturated heterocycles. The Balaban J connectivity index is 2.07. The number of nitrogens with zero attached hydrogens (tertiary/aromatic N) is 1. The normalized spacial score (nSPS) is 18.6. The lowest BCUT2D eigenvalue weighted by atomic mass is 9.99. The molecule has 0 amide bonds. The maximum atomic E-state index is 12.4. The van der Waals surface area contributed by atoms with Crippen LogP contribution in [0.2, 0.25) is 0 Å². The van der Waals surface area contributed by atoms with Gasteiger partial charge in [-0.15, -0.1) is 0 Å². The average Bonchev–Trinajstić information content (AvgIpc) is 2.40. The Morgan fingerprint density at radius 2 is 1.84 bits per heavy atom. The zero-order valence-electron chi connectivity index (χ0n) is 11.1. The van der Waals surface area contributed by atoms with E-state index in [2.05, 4.69) is 0 Å². The van der Waals surface area contributed by atoms with Gasteiger partial charge in [-0.25, -0.2) is 8.42 Å². The van der Waals surface area contributed by atoms with Crippen molar-refractivity contribution in [1.82, 2.24) is 4.31 Å². The zero-order valence-corrected chi connectivity index (χ0v) is 11.9. The van der Waals surface area contributed by atoms with E-state index in [4.69, 9.17) is 10.5 Å². The third kappa shape index (κ3) is 3.26. The van der Waals surface area contributed by atoms with Crippen molar-refractivity contribution in [1.29, 1.82) is 0 Å². The summed E-state index contributed by atoms with van der Waals surface area (Å²) in [6.07, 6.45) is 1.70. The number of sulfonamides is 1. The molecule has 1 aliphatic heterocycles. The number of benzene rings is 1. The third-order valence-corrected chi connectivity index (χ3v) is 5.41. The Morgan fingerprint density at radius 3 is 2.37 bits per heavy atom. The van der Waals surface area contributed by atoms with E-state index >= 15 is 0 Å². The van der Waals surface area contributed by atoms with Crippen LogP contribution in [0.1, 0.15) is 12.8 Å². The molecule has 19 heavy (non-hydrogen) atoms. The fraction of sp³-hybridized carbons (Fsp3) is 0.538. The lowest BCUT2D eigenvalue weighted by molar-refractivity contribution is 0.121. The van der Waals surface area contributed by atoms with Gasteiger partial charge < -0.3 is 10.5 Å². The Kier molecular flexibility index (Phi) is 4.44. The van der Waals surface area contributed by atoms with Crippen LogP contribution in [0.4, 0.5) is 5.69 Å². The molecule has 0 atom stereocenters. The van der Waals surface area contributed by atoms with Crippen molar-refractivity contribution in [3.8, 4) is 0 Å². The monoisotopic (exact) mass is 284 g/mol. The first kappa shape index (κ1) is 14.3. The molecule has 1 aromatic carbocycles. The van der Waals surface area contributed by atoms with E-state index in [9.17, 15) is 8.42 Å². The fourth-order valence-corrected chi connectivity index (χ4v) is 3.81. The summed E-state index contributed by atoms with van der Waals surface area (Å²) in [6.45, 7) is 1.82. The van der Waals surface area contributed by atoms with Gasteiger partial charge in [-0.05, 0) is 43.0 Å². The van der Waals surface area contributed by atoms with Gasteiger partial charge in [0, 0.05) is 32.5 Å². The average molecular weight is 284 g/mol. The van der Waals surface area contributed by atoms with Crippen LogP contribution in [0, 0.1) is 5.92 Å². The van der Waals surface area contributed by atoms with Crippen molar-refractivity contribution in [3.63, 3.8) is 0 Å². The van der Waals surface area contributed by atoms with Gasteiger partial charge in [0.05, 0.1) is 4.90 Å². The maximum Gasteiger partial charge on any atom is 0.243 e. The van der Waals surface area contributed by atoms with Gasteiger partial charge in [-0.3, -0.25) is 0 Å². The van der Waals surface area contributed by atoms with E-state index in [1.54, 1.807) is 35.7 Å². The molecule has 1 aliphatic rings. The second kappa shape index (κ2) is 5.90. The van der Waals surface area contributed by atoms with Crippen LogP contribution in [0.25, 0.3) is 0 Å². The second-order valence-electron chi connectivity index (χ2n) is 4.87. The van der Waals surface area contributed by atoms with Gasteiger partial charge in [-0.2, -0.15) is 4.31 Å². The number of piperidine rings is 1. The number of methoxy groups -OCH3 is 1. The van der Waals surface area contributed by atoms with E-state index < -0.39 is 10.0 Å². The van der Waals surface area contributed by atoms with Crippen molar-refractivity contribution in [3.05, 3.63) is 24.3 Å². The molecule has 2 rings (SSSR count). The lowest BCUT2D eigenvalue weighted by Crippen LogP contribution is -2.39. The van der Waals surface area contributed by atoms with Crippen LogP contribution >= 0.6 is 0 Å². The van der Waals surface area contributed by atoms with Crippen molar-refractivity contribution >= 4 is 15.7 Å². The topological polar surface area (TPSA) is 72.6 Å². The summed E-state index contributed by atoms with van der Waals surface area (Å²) in [4.78, 5) is 0.312. The van der Waals surface area contributed by atoms with Gasteiger partial charge in [0.25, 0.3) is 0 Å². The Labute approximate surface area is 114 Å². The molecule has 1 heterocycles. The molecule has 0 spiro atoms. The van der Waals surface area contributed by atoms with Crippen molar-refractivity contribution in [2.24, 2.45) is 5.92 Å². The summed E-state index contributed by atoms with van der Waals surface area (Å²) < 4.78 is 31.5. The largest absolute Gasteiger partial charge is 0.399 e. The van der Waals surface area contributed by atoms with E-state index in [-0.39, 0.29) is 0 Å². The number of ether oxygens (including phenoxy) is 1. The van der Waals surface area contributed by atoms with Crippen LogP contribution in [0.3, 0.4) is 0 Å². The highest BCUT2D eigenvalue weighted by Gasteiger charge is 2.29. The molecule has 6 heteroatoms. The summed E-state index contributed by atoms with van der Waals surface area (Å²) in [6, 6.07) is 6.35. The molecule has 0 aromatic heterocycles. The van der Waals surface area contributed by atoms with Crippen molar-refractivity contribution in [2.75, 3.05) is 32.5 Å². The molecule has 0 bridgehead atoms. The van der Waals surface area contributed by atoms with E-state index in [1.165, 1.54) is 0 Å². The van der Waals surface area contributed by atoms with Crippen LogP contribution in [-0.2, 0) is 14.8 Å². The number of nitrogens with two attached hydrogens (primary N) is 1. The number of hydrogen-bond donors (Lipinski definition) is 1. The first-order chi connectivity index (χ1) is 9.04. The molecular formula is C13H20N2O3S. The van der Waals surface area contributed by atoms with Gasteiger partial charge in [0.15, 0.2) is 0 Å². The maximum absolute atomic E-state index is 12.4. The number of hydrogen-bond acceptors (Lipinski definition) is 4. The summed E-state index contributed by atoms with van der Waals surface area (Å²) >= 11 is 0. The number of nitrogen functional groups attached to an aromatic ring is 1. The molecular weight excluding hydrogens is 264 g/mol. The highest BCUT2D eigenvalue weighted by Crippen LogP contribution is 2.24. The van der Waals surface area contributed by atoms with E-state index in [0.29, 0.717) is 36.2 Å². The minimum absolute atomic E-state index is 0.312. The highest BCUT2D eigenvalue weighted by atomic mass is 32.2. The summed E-state index contributed by atoms with van der Waals surface area (Å²) in [5, 5.41) is 0. The van der Waals surface area contributed by atoms with Crippen LogP contribution in [-0.4, -0.2) is 39.5 Å². The van der Waals surface area contributed by atoms with E-state index in [1.807, 2.05) is 0 Å². The van der Waals surface area contributed by atoms with Gasteiger partial charge in [0.1, 0.15) is 0 Å². The zero-order chi connectivity index (χ0) is 13.9. The standard InChI is InChI=1S/C13H20N2O3S/c1-18-10-11-6-8-15(9-7-11)19(16,17)13-4-2-12(14)3-5-13/h2-5,11H,6-10,14H2,1H3. The van der Waals surface area contributed by atoms with Gasteiger partial charge >= 0.3 is 0 Å². The minimum atomic E-state index is -3.38. The molecule has 0 aliphatic carbocycles. The molecule has 0 unspecified atom stereocenters. The molecule has 0 saturated carbocycles. The smallest absolute Gasteiger partial charge is 0.243 e. The predicted octanol–water partition coefficient (Wildman–Crippen LogP) is 1.32. The molecule has 106 valence electrons. The third-order valence-electron chi connectivity index (χ3n) is 3.49. The lowest BCUT2D eigenvalue weighted by Gasteiger charge is -2.30. The van der Waals surface area contributed by atoms with Crippen molar-refractivity contribution < 1.29 is 13.2 Å². The van der Waals surface area contributed by atoms with Crippen LogP contribution < -0.4 is 5.73 Å². The summed E-state index contributed by atoms with van der Waals surface area (Å²) in [5.41, 5.74) is 6.14. The Morgan fingerprint density at radius 1 is 1.26 bits per heavy atom. The number of anilines is 1. The van der Waals surface area contributed by atoms with Crippen LogP contribution in [0.5, 0.6) is 0 Å². The molecule has 1 fully saturated rings. The highest BCUT2D eigenvalue weighted by molar-refractivity contribution is 7.89. The molecule has 1 aromatic rings. The van der Waals surface area contributed by atoms with E-state index in [0.717, 1.165) is 12.8 Å². The Hall–Kier alpha value is -1.11. The first-order valence-electron chi connectivity index (χ1n) is 6.38.